The summed E-state index contributed by atoms with van der Waals surface area (Å²) >= 11 is 0. The van der Waals surface area contributed by atoms with Crippen molar-refractivity contribution in [3.05, 3.63) is 83.3 Å². The Hall–Kier alpha value is -3.60. The van der Waals surface area contributed by atoms with Crippen LogP contribution in [0.4, 0.5) is 4.79 Å². The highest BCUT2D eigenvalue weighted by Crippen LogP contribution is 2.26. The van der Waals surface area contributed by atoms with E-state index < -0.39 is 6.03 Å². The summed E-state index contributed by atoms with van der Waals surface area (Å²) in [4.78, 5) is 24.9. The molecule has 1 N–H and O–H groups in total. The van der Waals surface area contributed by atoms with E-state index in [9.17, 15) is 9.59 Å². The molecule has 5 heteroatoms. The van der Waals surface area contributed by atoms with Crippen LogP contribution < -0.4 is 5.32 Å². The maximum atomic E-state index is 12.1. The molecule has 3 amide bonds. The van der Waals surface area contributed by atoms with Gasteiger partial charge in [-0.05, 0) is 54.8 Å². The Kier molecular flexibility index (Phi) is 4.35. The van der Waals surface area contributed by atoms with Crippen LogP contribution in [0.3, 0.4) is 0 Å². The molecule has 0 saturated carbocycles. The summed E-state index contributed by atoms with van der Waals surface area (Å²) in [5.74, 6) is -0.318. The summed E-state index contributed by atoms with van der Waals surface area (Å²) < 4.78 is 2.14. The normalized spacial score (nSPS) is 15.4. The van der Waals surface area contributed by atoms with Crippen molar-refractivity contribution in [1.82, 2.24) is 14.8 Å². The van der Waals surface area contributed by atoms with Gasteiger partial charge < -0.3 is 9.88 Å². The van der Waals surface area contributed by atoms with Crippen LogP contribution in [0.2, 0.25) is 0 Å². The van der Waals surface area contributed by atoms with E-state index >= 15 is 0 Å². The van der Waals surface area contributed by atoms with Gasteiger partial charge in [0.2, 0.25) is 0 Å². The molecule has 0 bridgehead atoms. The average molecular weight is 371 g/mol. The molecule has 1 aromatic heterocycles. The molecule has 0 radical (unpaired) electrons. The van der Waals surface area contributed by atoms with Crippen molar-refractivity contribution in [3.63, 3.8) is 0 Å². The zero-order valence-corrected chi connectivity index (χ0v) is 16.1. The number of carbonyl (C=O) groups excluding carboxylic acids is 2. The third kappa shape index (κ3) is 3.01. The predicted octanol–water partition coefficient (Wildman–Crippen LogP) is 4.28. The van der Waals surface area contributed by atoms with Gasteiger partial charge in [0.1, 0.15) is 5.70 Å². The van der Waals surface area contributed by atoms with E-state index in [4.69, 9.17) is 0 Å². The number of likely N-dealkylation sites (N-methyl/N-ethyl adjacent to an activating group) is 1. The van der Waals surface area contributed by atoms with E-state index in [1.807, 2.05) is 38.1 Å². The van der Waals surface area contributed by atoms with Crippen molar-refractivity contribution in [2.24, 2.45) is 0 Å². The number of amides is 3. The number of nitrogens with zero attached hydrogens (tertiary/aromatic N) is 2. The summed E-state index contributed by atoms with van der Waals surface area (Å²) in [6.45, 7) is 4.04. The minimum absolute atomic E-state index is 0.298. The largest absolute Gasteiger partial charge is 0.328 e. The number of aryl methyl sites for hydroxylation is 1. The van der Waals surface area contributed by atoms with E-state index in [0.717, 1.165) is 33.1 Å². The lowest BCUT2D eigenvalue weighted by molar-refractivity contribution is -0.121. The first-order valence-electron chi connectivity index (χ1n) is 9.11. The number of urea groups is 1. The predicted molar refractivity (Wildman–Crippen MR) is 110 cm³/mol. The lowest BCUT2D eigenvalue weighted by Gasteiger charge is -2.11. The smallest absolute Gasteiger partial charge is 0.318 e. The molecule has 1 fully saturated rings. The van der Waals surface area contributed by atoms with E-state index in [-0.39, 0.29) is 5.91 Å². The maximum Gasteiger partial charge on any atom is 0.328 e. The molecule has 0 atom stereocenters. The first-order valence-corrected chi connectivity index (χ1v) is 9.11. The van der Waals surface area contributed by atoms with Gasteiger partial charge in [-0.2, -0.15) is 0 Å². The number of benzene rings is 2. The van der Waals surface area contributed by atoms with Crippen LogP contribution in [0.1, 0.15) is 17.0 Å². The second-order valence-corrected chi connectivity index (χ2v) is 6.93. The fourth-order valence-electron chi connectivity index (χ4n) is 3.54. The number of hydrogen-bond donors (Lipinski definition) is 1. The molecule has 28 heavy (non-hydrogen) atoms. The Morgan fingerprint density at radius 3 is 2.14 bits per heavy atom. The van der Waals surface area contributed by atoms with E-state index in [1.54, 1.807) is 6.08 Å². The monoisotopic (exact) mass is 371 g/mol. The van der Waals surface area contributed by atoms with Crippen molar-refractivity contribution in [1.29, 1.82) is 0 Å². The third-order valence-electron chi connectivity index (χ3n) is 5.08. The number of hydrogen-bond acceptors (Lipinski definition) is 2. The van der Waals surface area contributed by atoms with Gasteiger partial charge in [-0.3, -0.25) is 9.69 Å². The van der Waals surface area contributed by atoms with Crippen LogP contribution in [0.15, 0.2) is 66.4 Å². The number of aromatic nitrogens is 1. The van der Waals surface area contributed by atoms with E-state index in [2.05, 4.69) is 46.3 Å². The molecular weight excluding hydrogens is 350 g/mol. The van der Waals surface area contributed by atoms with E-state index in [1.165, 1.54) is 12.6 Å². The lowest BCUT2D eigenvalue weighted by Crippen LogP contribution is -2.25. The molecule has 1 aliphatic rings. The number of nitrogens with one attached hydrogen (secondary N) is 1. The number of imide groups is 1. The molecule has 4 rings (SSSR count). The molecule has 3 aromatic rings. The van der Waals surface area contributed by atoms with Crippen LogP contribution in [0.25, 0.3) is 22.9 Å². The van der Waals surface area contributed by atoms with Crippen LogP contribution in [-0.4, -0.2) is 28.5 Å². The van der Waals surface area contributed by atoms with Crippen LogP contribution in [-0.2, 0) is 4.79 Å². The van der Waals surface area contributed by atoms with Gasteiger partial charge in [0.25, 0.3) is 5.91 Å². The van der Waals surface area contributed by atoms with Crippen LogP contribution in [0.5, 0.6) is 0 Å². The van der Waals surface area contributed by atoms with Gasteiger partial charge in [0.05, 0.1) is 0 Å². The summed E-state index contributed by atoms with van der Waals surface area (Å²) in [5.41, 5.74) is 6.67. The Morgan fingerprint density at radius 2 is 1.54 bits per heavy atom. The maximum absolute atomic E-state index is 12.1. The number of carbonyl (C=O) groups is 2. The first-order chi connectivity index (χ1) is 13.5. The van der Waals surface area contributed by atoms with E-state index in [0.29, 0.717) is 5.70 Å². The summed E-state index contributed by atoms with van der Waals surface area (Å²) in [6.07, 6.45) is 1.74. The minimum atomic E-state index is -0.401. The topological polar surface area (TPSA) is 54.3 Å². The van der Waals surface area contributed by atoms with Crippen molar-refractivity contribution >= 4 is 18.0 Å². The fraction of sp³-hybridized carbons (Fsp3) is 0.130. The lowest BCUT2D eigenvalue weighted by atomic mass is 10.1. The highest BCUT2D eigenvalue weighted by atomic mass is 16.2. The minimum Gasteiger partial charge on any atom is -0.318 e. The molecule has 0 aliphatic carbocycles. The highest BCUT2D eigenvalue weighted by molar-refractivity contribution is 6.13. The molecule has 1 saturated heterocycles. The summed E-state index contributed by atoms with van der Waals surface area (Å²) in [5, 5.41) is 2.61. The fourth-order valence-corrected chi connectivity index (χ4v) is 3.54. The Balaban J connectivity index is 1.69. The van der Waals surface area contributed by atoms with Crippen molar-refractivity contribution in [2.75, 3.05) is 7.05 Å². The molecule has 5 nitrogen and oxygen atoms in total. The highest BCUT2D eigenvalue weighted by Gasteiger charge is 2.30. The molecule has 2 aromatic carbocycles. The molecular formula is C23H21N3O2. The molecule has 2 heterocycles. The molecule has 0 spiro atoms. The molecule has 0 unspecified atom stereocenters. The SMILES string of the molecule is Cc1cc(/C=C2\NC(=O)N(C)C2=O)c(C)n1-c1ccc(-c2ccccc2)cc1. The molecule has 140 valence electrons. The van der Waals surface area contributed by atoms with Crippen LogP contribution in [0, 0.1) is 13.8 Å². The van der Waals surface area contributed by atoms with Gasteiger partial charge in [-0.15, -0.1) is 0 Å². The second-order valence-electron chi connectivity index (χ2n) is 6.93. The van der Waals surface area contributed by atoms with Crippen LogP contribution >= 0.6 is 0 Å². The van der Waals surface area contributed by atoms with Gasteiger partial charge in [0, 0.05) is 24.1 Å². The first kappa shape index (κ1) is 17.8. The zero-order valence-electron chi connectivity index (χ0n) is 16.1. The third-order valence-corrected chi connectivity index (χ3v) is 5.08. The second kappa shape index (κ2) is 6.85. The average Bonchev–Trinajstić information content (AvgIpc) is 3.12. The van der Waals surface area contributed by atoms with Crippen molar-refractivity contribution in [2.45, 2.75) is 13.8 Å². The van der Waals surface area contributed by atoms with Gasteiger partial charge >= 0.3 is 6.03 Å². The molecule has 1 aliphatic heterocycles. The summed E-state index contributed by atoms with van der Waals surface area (Å²) in [7, 11) is 1.47. The quantitative estimate of drug-likeness (QED) is 0.552. The van der Waals surface area contributed by atoms with Crippen molar-refractivity contribution < 1.29 is 9.59 Å². The Morgan fingerprint density at radius 1 is 0.893 bits per heavy atom. The summed E-state index contributed by atoms with van der Waals surface area (Å²) in [6, 6.07) is 20.3. The standard InChI is InChI=1S/C23H21N3O2/c1-15-13-19(14-21-22(27)25(3)23(28)24-21)16(2)26(15)20-11-9-18(10-12-20)17-7-5-4-6-8-17/h4-14H,1-3H3,(H,24,28)/b21-14-. The Labute approximate surface area is 163 Å². The van der Waals surface area contributed by atoms with Crippen molar-refractivity contribution in [3.8, 4) is 16.8 Å². The zero-order chi connectivity index (χ0) is 19.8. The Bertz CT molecular complexity index is 1090. The van der Waals surface area contributed by atoms with Gasteiger partial charge in [-0.25, -0.2) is 4.79 Å². The van der Waals surface area contributed by atoms with Gasteiger partial charge in [0.15, 0.2) is 0 Å². The van der Waals surface area contributed by atoms with Gasteiger partial charge in [-0.1, -0.05) is 42.5 Å². The number of rotatable bonds is 3.